The number of nitrogens with zero attached hydrogens (tertiary/aromatic N) is 1. The van der Waals surface area contributed by atoms with Gasteiger partial charge in [0.25, 0.3) is 5.91 Å². The van der Waals surface area contributed by atoms with Gasteiger partial charge in [-0.05, 0) is 37.8 Å². The SMILES string of the molecule is CCCN(CC(=O)Nc1ccccc1C)C(=O)COC(=O)C1CCCCC1. The minimum atomic E-state index is -0.332. The van der Waals surface area contributed by atoms with Gasteiger partial charge >= 0.3 is 5.97 Å². The van der Waals surface area contributed by atoms with Crippen molar-refractivity contribution >= 4 is 23.5 Å². The minimum absolute atomic E-state index is 0.0536. The van der Waals surface area contributed by atoms with Crippen LogP contribution in [0.4, 0.5) is 5.69 Å². The maximum Gasteiger partial charge on any atom is 0.309 e. The molecular formula is C21H30N2O4. The van der Waals surface area contributed by atoms with Crippen molar-refractivity contribution in [2.75, 3.05) is 25.0 Å². The Kier molecular flexibility index (Phi) is 8.30. The molecule has 6 heteroatoms. The summed E-state index contributed by atoms with van der Waals surface area (Å²) in [4.78, 5) is 38.3. The van der Waals surface area contributed by atoms with Gasteiger partial charge in [0.1, 0.15) is 0 Å². The monoisotopic (exact) mass is 374 g/mol. The summed E-state index contributed by atoms with van der Waals surface area (Å²) < 4.78 is 5.23. The number of hydrogen-bond donors (Lipinski definition) is 1. The van der Waals surface area contributed by atoms with Gasteiger partial charge < -0.3 is 15.0 Å². The molecule has 0 heterocycles. The van der Waals surface area contributed by atoms with Crippen LogP contribution in [-0.2, 0) is 19.1 Å². The van der Waals surface area contributed by atoms with Gasteiger partial charge in [-0.15, -0.1) is 0 Å². The molecule has 0 spiro atoms. The van der Waals surface area contributed by atoms with E-state index in [-0.39, 0.29) is 36.9 Å². The van der Waals surface area contributed by atoms with Crippen molar-refractivity contribution < 1.29 is 19.1 Å². The molecule has 1 aliphatic carbocycles. The average molecular weight is 374 g/mol. The fraction of sp³-hybridized carbons (Fsp3) is 0.571. The molecule has 148 valence electrons. The molecule has 0 aromatic heterocycles. The van der Waals surface area contributed by atoms with Crippen LogP contribution in [-0.4, -0.2) is 42.4 Å². The van der Waals surface area contributed by atoms with Crippen LogP contribution in [0.2, 0.25) is 0 Å². The molecule has 0 radical (unpaired) electrons. The molecule has 2 amide bonds. The lowest BCUT2D eigenvalue weighted by molar-refractivity contribution is -0.156. The highest BCUT2D eigenvalue weighted by molar-refractivity contribution is 5.95. The third kappa shape index (κ3) is 6.70. The number of ether oxygens (including phenoxy) is 1. The lowest BCUT2D eigenvalue weighted by Crippen LogP contribution is -2.41. The van der Waals surface area contributed by atoms with Gasteiger partial charge in [0, 0.05) is 12.2 Å². The Morgan fingerprint density at radius 3 is 2.52 bits per heavy atom. The summed E-state index contributed by atoms with van der Waals surface area (Å²) in [7, 11) is 0. The molecule has 27 heavy (non-hydrogen) atoms. The zero-order valence-corrected chi connectivity index (χ0v) is 16.3. The number of carbonyl (C=O) groups excluding carboxylic acids is 3. The highest BCUT2D eigenvalue weighted by Gasteiger charge is 2.24. The first-order valence-corrected chi connectivity index (χ1v) is 9.81. The summed E-state index contributed by atoms with van der Waals surface area (Å²) >= 11 is 0. The van der Waals surface area contributed by atoms with Gasteiger partial charge in [-0.3, -0.25) is 14.4 Å². The molecule has 0 atom stereocenters. The zero-order chi connectivity index (χ0) is 19.6. The molecule has 1 saturated carbocycles. The summed E-state index contributed by atoms with van der Waals surface area (Å²) in [6.45, 7) is 3.94. The van der Waals surface area contributed by atoms with Crippen molar-refractivity contribution in [3.8, 4) is 0 Å². The van der Waals surface area contributed by atoms with Crippen molar-refractivity contribution in [1.82, 2.24) is 4.90 Å². The molecule has 1 fully saturated rings. The van der Waals surface area contributed by atoms with E-state index in [0.717, 1.165) is 49.8 Å². The van der Waals surface area contributed by atoms with Gasteiger partial charge in [0.15, 0.2) is 6.61 Å². The summed E-state index contributed by atoms with van der Waals surface area (Å²) in [6, 6.07) is 7.49. The fourth-order valence-corrected chi connectivity index (χ4v) is 3.32. The van der Waals surface area contributed by atoms with Crippen molar-refractivity contribution in [3.05, 3.63) is 29.8 Å². The quantitative estimate of drug-likeness (QED) is 0.709. The minimum Gasteiger partial charge on any atom is -0.455 e. The predicted molar refractivity (Wildman–Crippen MR) is 104 cm³/mol. The van der Waals surface area contributed by atoms with E-state index in [1.165, 1.54) is 4.90 Å². The number of benzene rings is 1. The Hall–Kier alpha value is -2.37. The van der Waals surface area contributed by atoms with Crippen LogP contribution < -0.4 is 5.32 Å². The van der Waals surface area contributed by atoms with Gasteiger partial charge in [-0.25, -0.2) is 0 Å². The van der Waals surface area contributed by atoms with E-state index in [4.69, 9.17) is 4.74 Å². The van der Waals surface area contributed by atoms with E-state index in [2.05, 4.69) is 5.32 Å². The summed E-state index contributed by atoms with van der Waals surface area (Å²) in [6.07, 6.45) is 5.63. The number of amides is 2. The molecule has 0 aliphatic heterocycles. The zero-order valence-electron chi connectivity index (χ0n) is 16.3. The van der Waals surface area contributed by atoms with Gasteiger partial charge in [0.2, 0.25) is 5.91 Å². The first-order chi connectivity index (χ1) is 13.0. The van der Waals surface area contributed by atoms with Gasteiger partial charge in [0.05, 0.1) is 12.5 Å². The average Bonchev–Trinajstić information content (AvgIpc) is 2.68. The van der Waals surface area contributed by atoms with Crippen molar-refractivity contribution in [2.24, 2.45) is 5.92 Å². The molecule has 1 N–H and O–H groups in total. The third-order valence-corrected chi connectivity index (χ3v) is 4.88. The van der Waals surface area contributed by atoms with Crippen LogP contribution in [0.15, 0.2) is 24.3 Å². The summed E-state index contributed by atoms with van der Waals surface area (Å²) in [5.41, 5.74) is 1.69. The Labute approximate surface area is 161 Å². The van der Waals surface area contributed by atoms with Crippen molar-refractivity contribution in [3.63, 3.8) is 0 Å². The normalized spacial score (nSPS) is 14.4. The molecule has 0 unspecified atom stereocenters. The van der Waals surface area contributed by atoms with Crippen LogP contribution in [0.5, 0.6) is 0 Å². The van der Waals surface area contributed by atoms with E-state index in [0.29, 0.717) is 6.54 Å². The maximum absolute atomic E-state index is 12.4. The standard InChI is InChI=1S/C21H30N2O4/c1-3-13-23(14-19(24)22-18-12-8-7-9-16(18)2)20(25)15-27-21(26)17-10-5-4-6-11-17/h7-9,12,17H,3-6,10-11,13-15H2,1-2H3,(H,22,24). The lowest BCUT2D eigenvalue weighted by Gasteiger charge is -2.23. The Morgan fingerprint density at radius 1 is 1.15 bits per heavy atom. The second-order valence-electron chi connectivity index (χ2n) is 7.12. The van der Waals surface area contributed by atoms with Crippen molar-refractivity contribution in [2.45, 2.75) is 52.4 Å². The molecule has 0 saturated heterocycles. The Balaban J connectivity index is 1.85. The largest absolute Gasteiger partial charge is 0.455 e. The van der Waals surface area contributed by atoms with Gasteiger partial charge in [-0.1, -0.05) is 44.4 Å². The Morgan fingerprint density at radius 2 is 1.85 bits per heavy atom. The van der Waals surface area contributed by atoms with E-state index >= 15 is 0 Å². The predicted octanol–water partition coefficient (Wildman–Crippen LogP) is 3.30. The second kappa shape index (κ2) is 10.7. The first kappa shape index (κ1) is 20.9. The van der Waals surface area contributed by atoms with Crippen LogP contribution in [0.3, 0.4) is 0 Å². The highest BCUT2D eigenvalue weighted by atomic mass is 16.5. The molecule has 1 aromatic carbocycles. The molecule has 2 rings (SSSR count). The number of esters is 1. The number of hydrogen-bond acceptors (Lipinski definition) is 4. The Bertz CT molecular complexity index is 653. The summed E-state index contributed by atoms with van der Waals surface area (Å²) in [5, 5.41) is 2.83. The maximum atomic E-state index is 12.4. The number of anilines is 1. The fourth-order valence-electron chi connectivity index (χ4n) is 3.32. The van der Waals surface area contributed by atoms with Gasteiger partial charge in [-0.2, -0.15) is 0 Å². The van der Waals surface area contributed by atoms with Crippen LogP contribution in [0.25, 0.3) is 0 Å². The van der Waals surface area contributed by atoms with E-state index < -0.39 is 0 Å². The molecular weight excluding hydrogens is 344 g/mol. The highest BCUT2D eigenvalue weighted by Crippen LogP contribution is 2.24. The van der Waals surface area contributed by atoms with E-state index in [9.17, 15) is 14.4 Å². The smallest absolute Gasteiger partial charge is 0.309 e. The van der Waals surface area contributed by atoms with Crippen molar-refractivity contribution in [1.29, 1.82) is 0 Å². The third-order valence-electron chi connectivity index (χ3n) is 4.88. The first-order valence-electron chi connectivity index (χ1n) is 9.81. The van der Waals surface area contributed by atoms with E-state index in [1.807, 2.05) is 38.1 Å². The summed E-state index contributed by atoms with van der Waals surface area (Å²) in [5.74, 6) is -0.968. The number of aryl methyl sites for hydroxylation is 1. The molecule has 0 bridgehead atoms. The molecule has 1 aliphatic rings. The number of para-hydroxylation sites is 1. The number of nitrogens with one attached hydrogen (secondary N) is 1. The molecule has 6 nitrogen and oxygen atoms in total. The molecule has 1 aromatic rings. The van der Waals surface area contributed by atoms with Crippen LogP contribution in [0, 0.1) is 12.8 Å². The number of carbonyl (C=O) groups is 3. The number of rotatable bonds is 8. The topological polar surface area (TPSA) is 75.7 Å². The van der Waals surface area contributed by atoms with Crippen LogP contribution >= 0.6 is 0 Å². The van der Waals surface area contributed by atoms with Crippen LogP contribution in [0.1, 0.15) is 51.0 Å². The van der Waals surface area contributed by atoms with E-state index in [1.54, 1.807) is 0 Å². The lowest BCUT2D eigenvalue weighted by atomic mass is 9.89. The second-order valence-corrected chi connectivity index (χ2v) is 7.12.